The van der Waals surface area contributed by atoms with Gasteiger partial charge in [0.2, 0.25) is 0 Å². The molecule has 0 radical (unpaired) electrons. The standard InChI is InChI=1S/C9H19NSi/c1-6-7-9(8(2)10)11(3,4)5/h8-9H,10H2,1-5H3/t8-,9-/m1/s1. The van der Waals surface area contributed by atoms with Gasteiger partial charge in [-0.15, -0.1) is 11.8 Å². The summed E-state index contributed by atoms with van der Waals surface area (Å²) in [5.41, 5.74) is 6.28. The van der Waals surface area contributed by atoms with E-state index in [-0.39, 0.29) is 6.04 Å². The van der Waals surface area contributed by atoms with Crippen LogP contribution in [0.5, 0.6) is 0 Å². The Morgan fingerprint density at radius 3 is 1.82 bits per heavy atom. The molecule has 0 saturated carbocycles. The van der Waals surface area contributed by atoms with E-state index in [0.717, 1.165) is 0 Å². The monoisotopic (exact) mass is 169 g/mol. The smallest absolute Gasteiger partial charge is 0.0632 e. The lowest BCUT2D eigenvalue weighted by Gasteiger charge is -2.27. The zero-order valence-corrected chi connectivity index (χ0v) is 9.23. The molecular formula is C9H19NSi. The van der Waals surface area contributed by atoms with E-state index in [4.69, 9.17) is 5.73 Å². The van der Waals surface area contributed by atoms with Crippen LogP contribution in [0.1, 0.15) is 13.8 Å². The summed E-state index contributed by atoms with van der Waals surface area (Å²) in [7, 11) is -1.17. The molecule has 0 aliphatic carbocycles. The SMILES string of the molecule is CC#C[C@H]([C@@H](C)N)[Si](C)(C)C. The van der Waals surface area contributed by atoms with Gasteiger partial charge in [0.15, 0.2) is 0 Å². The normalized spacial score (nSPS) is 16.5. The van der Waals surface area contributed by atoms with Gasteiger partial charge in [0.25, 0.3) is 0 Å². The molecule has 0 fully saturated rings. The third kappa shape index (κ3) is 3.59. The van der Waals surface area contributed by atoms with Crippen molar-refractivity contribution in [2.75, 3.05) is 0 Å². The molecule has 2 heteroatoms. The van der Waals surface area contributed by atoms with E-state index in [1.54, 1.807) is 0 Å². The van der Waals surface area contributed by atoms with E-state index in [9.17, 15) is 0 Å². The average Bonchev–Trinajstić information content (AvgIpc) is 1.79. The van der Waals surface area contributed by atoms with Crippen molar-refractivity contribution >= 4 is 8.07 Å². The van der Waals surface area contributed by atoms with Crippen LogP contribution < -0.4 is 5.73 Å². The van der Waals surface area contributed by atoms with Crippen molar-refractivity contribution in [2.24, 2.45) is 5.73 Å². The molecule has 0 bridgehead atoms. The van der Waals surface area contributed by atoms with Crippen LogP contribution >= 0.6 is 0 Å². The summed E-state index contributed by atoms with van der Waals surface area (Å²) in [6.45, 7) is 10.9. The van der Waals surface area contributed by atoms with Crippen molar-refractivity contribution in [3.63, 3.8) is 0 Å². The quantitative estimate of drug-likeness (QED) is 0.497. The molecule has 0 aliphatic rings. The van der Waals surface area contributed by atoms with Gasteiger partial charge in [-0.1, -0.05) is 19.6 Å². The van der Waals surface area contributed by atoms with Gasteiger partial charge in [-0.05, 0) is 13.8 Å². The Labute approximate surface area is 71.4 Å². The van der Waals surface area contributed by atoms with Crippen LogP contribution in [0.25, 0.3) is 0 Å². The van der Waals surface area contributed by atoms with Crippen LogP contribution in [0, 0.1) is 11.8 Å². The summed E-state index contributed by atoms with van der Waals surface area (Å²) in [6, 6.07) is 0.217. The summed E-state index contributed by atoms with van der Waals surface area (Å²) in [4.78, 5) is 0. The van der Waals surface area contributed by atoms with Crippen molar-refractivity contribution in [1.82, 2.24) is 0 Å². The Kier molecular flexibility index (Phi) is 3.84. The zero-order valence-electron chi connectivity index (χ0n) is 8.23. The molecule has 0 aromatic rings. The van der Waals surface area contributed by atoms with Crippen molar-refractivity contribution in [3.8, 4) is 11.8 Å². The molecule has 0 aliphatic heterocycles. The van der Waals surface area contributed by atoms with Crippen LogP contribution in [0.2, 0.25) is 25.2 Å². The summed E-state index contributed by atoms with van der Waals surface area (Å²) in [6.07, 6.45) is 0. The lowest BCUT2D eigenvalue weighted by molar-refractivity contribution is 0.748. The number of rotatable bonds is 2. The second kappa shape index (κ2) is 3.94. The Morgan fingerprint density at radius 2 is 1.73 bits per heavy atom. The first-order valence-electron chi connectivity index (χ1n) is 4.07. The molecule has 1 nitrogen and oxygen atoms in total. The largest absolute Gasteiger partial charge is 0.327 e. The second-order valence-corrected chi connectivity index (χ2v) is 9.45. The molecule has 11 heavy (non-hydrogen) atoms. The van der Waals surface area contributed by atoms with Gasteiger partial charge < -0.3 is 5.73 Å². The lowest BCUT2D eigenvalue weighted by Crippen LogP contribution is -2.38. The molecule has 2 atom stereocenters. The molecular weight excluding hydrogens is 150 g/mol. The van der Waals surface area contributed by atoms with Gasteiger partial charge in [0.1, 0.15) is 0 Å². The highest BCUT2D eigenvalue weighted by molar-refractivity contribution is 6.78. The molecule has 0 amide bonds. The fourth-order valence-electron chi connectivity index (χ4n) is 1.29. The summed E-state index contributed by atoms with van der Waals surface area (Å²) >= 11 is 0. The van der Waals surface area contributed by atoms with Crippen LogP contribution in [-0.4, -0.2) is 14.1 Å². The molecule has 0 rings (SSSR count). The van der Waals surface area contributed by atoms with E-state index in [1.807, 2.05) is 13.8 Å². The number of hydrogen-bond acceptors (Lipinski definition) is 1. The first-order chi connectivity index (χ1) is 4.89. The third-order valence-electron chi connectivity index (χ3n) is 1.76. The van der Waals surface area contributed by atoms with E-state index >= 15 is 0 Å². The summed E-state index contributed by atoms with van der Waals surface area (Å²) in [5.74, 6) is 6.17. The molecule has 0 unspecified atom stereocenters. The minimum absolute atomic E-state index is 0.217. The van der Waals surface area contributed by atoms with Gasteiger partial charge >= 0.3 is 0 Å². The van der Waals surface area contributed by atoms with Crippen molar-refractivity contribution in [1.29, 1.82) is 0 Å². The topological polar surface area (TPSA) is 26.0 Å². The van der Waals surface area contributed by atoms with Gasteiger partial charge in [-0.25, -0.2) is 0 Å². The minimum Gasteiger partial charge on any atom is -0.327 e. The van der Waals surface area contributed by atoms with Crippen LogP contribution in [0.4, 0.5) is 0 Å². The van der Waals surface area contributed by atoms with Crippen LogP contribution in [0.3, 0.4) is 0 Å². The maximum absolute atomic E-state index is 5.84. The van der Waals surface area contributed by atoms with E-state index < -0.39 is 8.07 Å². The molecule has 64 valence electrons. The average molecular weight is 169 g/mol. The number of nitrogens with two attached hydrogens (primary N) is 1. The molecule has 2 N–H and O–H groups in total. The predicted molar refractivity (Wildman–Crippen MR) is 54.2 cm³/mol. The van der Waals surface area contributed by atoms with Crippen LogP contribution in [0.15, 0.2) is 0 Å². The first kappa shape index (κ1) is 10.7. The van der Waals surface area contributed by atoms with Crippen LogP contribution in [-0.2, 0) is 0 Å². The minimum atomic E-state index is -1.17. The molecule has 0 heterocycles. The van der Waals surface area contributed by atoms with E-state index in [1.165, 1.54) is 0 Å². The highest BCUT2D eigenvalue weighted by Gasteiger charge is 2.27. The van der Waals surface area contributed by atoms with Gasteiger partial charge in [0.05, 0.1) is 8.07 Å². The molecule has 0 aromatic heterocycles. The molecule has 0 aromatic carbocycles. The maximum atomic E-state index is 5.84. The summed E-state index contributed by atoms with van der Waals surface area (Å²) in [5, 5.41) is 0. The van der Waals surface area contributed by atoms with Gasteiger partial charge in [-0.2, -0.15) is 0 Å². The van der Waals surface area contributed by atoms with Gasteiger partial charge in [-0.3, -0.25) is 0 Å². The third-order valence-corrected chi connectivity index (χ3v) is 4.29. The predicted octanol–water partition coefficient (Wildman–Crippen LogP) is 2.07. The van der Waals surface area contributed by atoms with E-state index in [2.05, 4.69) is 31.5 Å². The summed E-state index contributed by atoms with van der Waals surface area (Å²) < 4.78 is 0. The highest BCUT2D eigenvalue weighted by atomic mass is 28.3. The number of hydrogen-bond donors (Lipinski definition) is 1. The van der Waals surface area contributed by atoms with E-state index in [0.29, 0.717) is 5.54 Å². The lowest BCUT2D eigenvalue weighted by atomic mass is 10.2. The molecule has 0 spiro atoms. The zero-order chi connectivity index (χ0) is 9.07. The fraction of sp³-hybridized carbons (Fsp3) is 0.778. The molecule has 0 saturated heterocycles. The Balaban J connectivity index is 4.44. The fourth-order valence-corrected chi connectivity index (χ4v) is 3.45. The highest BCUT2D eigenvalue weighted by Crippen LogP contribution is 2.23. The second-order valence-electron chi connectivity index (χ2n) is 4.10. The van der Waals surface area contributed by atoms with Crippen molar-refractivity contribution in [2.45, 2.75) is 45.1 Å². The van der Waals surface area contributed by atoms with Gasteiger partial charge in [0, 0.05) is 11.6 Å². The Morgan fingerprint density at radius 1 is 1.27 bits per heavy atom. The first-order valence-corrected chi connectivity index (χ1v) is 7.65. The Bertz CT molecular complexity index is 168. The Hall–Kier alpha value is -0.263. The maximum Gasteiger partial charge on any atom is 0.0632 e. The van der Waals surface area contributed by atoms with Crippen molar-refractivity contribution in [3.05, 3.63) is 0 Å². The van der Waals surface area contributed by atoms with Crippen molar-refractivity contribution < 1.29 is 0 Å².